The Balaban J connectivity index is 2.35. The van der Waals surface area contributed by atoms with E-state index in [0.717, 1.165) is 25.5 Å². The van der Waals surface area contributed by atoms with Crippen molar-refractivity contribution in [3.05, 3.63) is 0 Å². The zero-order chi connectivity index (χ0) is 14.3. The highest BCUT2D eigenvalue weighted by Gasteiger charge is 2.32. The number of hydrogen-bond donors (Lipinski definition) is 2. The predicted octanol–water partition coefficient (Wildman–Crippen LogP) is 0.269. The monoisotopic (exact) mass is 294 g/mol. The van der Waals surface area contributed by atoms with E-state index in [1.54, 1.807) is 14.2 Å². The summed E-state index contributed by atoms with van der Waals surface area (Å²) in [5, 5.41) is 18.1. The molecule has 2 N–H and O–H groups in total. The minimum Gasteiger partial charge on any atom is -0.398 e. The molecule has 0 spiro atoms. The number of rotatable bonds is 11. The van der Waals surface area contributed by atoms with Crippen molar-refractivity contribution in [3.63, 3.8) is 0 Å². The van der Waals surface area contributed by atoms with Crippen LogP contribution in [0.4, 0.5) is 0 Å². The molecule has 1 saturated heterocycles. The Morgan fingerprint density at radius 3 is 2.47 bits per heavy atom. The summed E-state index contributed by atoms with van der Waals surface area (Å²) in [6.07, 6.45) is 1.08. The minimum absolute atomic E-state index is 0.00539. The first-order valence-corrected chi connectivity index (χ1v) is 9.17. The second-order valence-electron chi connectivity index (χ2n) is 5.06. The van der Waals surface area contributed by atoms with E-state index < -0.39 is 14.7 Å². The molecule has 1 fully saturated rings. The van der Waals surface area contributed by atoms with Crippen LogP contribution in [0.1, 0.15) is 12.8 Å². The maximum atomic E-state index is 9.33. The SMILES string of the molecule is CO[Si](C)(CCC(CC1CO1)OCC(O)CO)OC. The Hall–Kier alpha value is -0.0231. The molecule has 0 aliphatic carbocycles. The average molecular weight is 294 g/mol. The molecule has 1 rings (SSSR count). The van der Waals surface area contributed by atoms with Crippen molar-refractivity contribution < 1.29 is 28.5 Å². The predicted molar refractivity (Wildman–Crippen MR) is 72.2 cm³/mol. The van der Waals surface area contributed by atoms with Crippen molar-refractivity contribution >= 4 is 8.56 Å². The Bertz CT molecular complexity index is 244. The molecule has 0 aromatic rings. The summed E-state index contributed by atoms with van der Waals surface area (Å²) in [5.74, 6) is 0. The second kappa shape index (κ2) is 8.31. The quantitative estimate of drug-likeness (QED) is 0.420. The molecule has 7 heteroatoms. The zero-order valence-corrected chi connectivity index (χ0v) is 13.0. The molecule has 3 unspecified atom stereocenters. The highest BCUT2D eigenvalue weighted by molar-refractivity contribution is 6.65. The lowest BCUT2D eigenvalue weighted by Crippen LogP contribution is -2.37. The van der Waals surface area contributed by atoms with Gasteiger partial charge in [0.25, 0.3) is 0 Å². The lowest BCUT2D eigenvalue weighted by atomic mass is 10.1. The van der Waals surface area contributed by atoms with Crippen LogP contribution in [0.15, 0.2) is 0 Å². The van der Waals surface area contributed by atoms with Crippen molar-refractivity contribution in [1.82, 2.24) is 0 Å². The van der Waals surface area contributed by atoms with E-state index in [1.165, 1.54) is 0 Å². The molecule has 6 nitrogen and oxygen atoms in total. The number of hydrogen-bond acceptors (Lipinski definition) is 6. The third kappa shape index (κ3) is 6.80. The minimum atomic E-state index is -2.09. The van der Waals surface area contributed by atoms with E-state index in [0.29, 0.717) is 0 Å². The third-order valence-corrected chi connectivity index (χ3v) is 6.37. The Kier molecular flexibility index (Phi) is 7.44. The third-order valence-electron chi connectivity index (χ3n) is 3.45. The van der Waals surface area contributed by atoms with Crippen LogP contribution in [-0.4, -0.2) is 71.1 Å². The van der Waals surface area contributed by atoms with Gasteiger partial charge in [-0.15, -0.1) is 0 Å². The van der Waals surface area contributed by atoms with Gasteiger partial charge in [0.05, 0.1) is 32.0 Å². The molecule has 1 aliphatic heterocycles. The fourth-order valence-corrected chi connectivity index (χ4v) is 3.20. The van der Waals surface area contributed by atoms with Gasteiger partial charge in [0.15, 0.2) is 0 Å². The van der Waals surface area contributed by atoms with E-state index in [2.05, 4.69) is 0 Å². The van der Waals surface area contributed by atoms with E-state index in [9.17, 15) is 5.11 Å². The van der Waals surface area contributed by atoms with Crippen LogP contribution in [-0.2, 0) is 18.3 Å². The van der Waals surface area contributed by atoms with Gasteiger partial charge < -0.3 is 28.5 Å². The van der Waals surface area contributed by atoms with Crippen LogP contribution < -0.4 is 0 Å². The number of epoxide rings is 1. The first-order chi connectivity index (χ1) is 9.03. The molecule has 1 heterocycles. The number of aliphatic hydroxyl groups is 2. The maximum absolute atomic E-state index is 9.33. The summed E-state index contributed by atoms with van der Waals surface area (Å²) in [7, 11) is 1.26. The average Bonchev–Trinajstić information content (AvgIpc) is 3.24. The molecule has 19 heavy (non-hydrogen) atoms. The van der Waals surface area contributed by atoms with E-state index in [4.69, 9.17) is 23.4 Å². The van der Waals surface area contributed by atoms with E-state index >= 15 is 0 Å². The van der Waals surface area contributed by atoms with Gasteiger partial charge >= 0.3 is 8.56 Å². The summed E-state index contributed by atoms with van der Waals surface area (Å²) in [6.45, 7) is 2.66. The van der Waals surface area contributed by atoms with Crippen LogP contribution in [0, 0.1) is 0 Å². The Labute approximate surface area is 115 Å². The van der Waals surface area contributed by atoms with E-state index in [-0.39, 0.29) is 25.4 Å². The maximum Gasteiger partial charge on any atom is 0.334 e. The van der Waals surface area contributed by atoms with Crippen LogP contribution >= 0.6 is 0 Å². The van der Waals surface area contributed by atoms with Gasteiger partial charge in [-0.3, -0.25) is 0 Å². The van der Waals surface area contributed by atoms with Crippen LogP contribution in [0.3, 0.4) is 0 Å². The van der Waals surface area contributed by atoms with Crippen molar-refractivity contribution in [2.75, 3.05) is 34.0 Å². The summed E-state index contributed by atoms with van der Waals surface area (Å²) < 4.78 is 21.8. The molecular weight excluding hydrogens is 268 g/mol. The lowest BCUT2D eigenvalue weighted by Gasteiger charge is -2.26. The molecule has 0 aromatic carbocycles. The summed E-state index contributed by atoms with van der Waals surface area (Å²) in [6, 6.07) is 0.826. The molecule has 0 bridgehead atoms. The van der Waals surface area contributed by atoms with Gasteiger partial charge in [0.1, 0.15) is 6.10 Å². The van der Waals surface area contributed by atoms with Gasteiger partial charge in [0, 0.05) is 20.6 Å². The molecule has 0 amide bonds. The topological polar surface area (TPSA) is 80.7 Å². The van der Waals surface area contributed by atoms with Crippen LogP contribution in [0.2, 0.25) is 12.6 Å². The first-order valence-electron chi connectivity index (χ1n) is 6.65. The summed E-state index contributed by atoms with van der Waals surface area (Å²) in [4.78, 5) is 0. The van der Waals surface area contributed by atoms with Gasteiger partial charge in [-0.1, -0.05) is 0 Å². The summed E-state index contributed by atoms with van der Waals surface area (Å²) >= 11 is 0. The molecule has 1 aliphatic rings. The highest BCUT2D eigenvalue weighted by Crippen LogP contribution is 2.23. The lowest BCUT2D eigenvalue weighted by molar-refractivity contribution is -0.0346. The fraction of sp³-hybridized carbons (Fsp3) is 1.00. The smallest absolute Gasteiger partial charge is 0.334 e. The molecule has 3 atom stereocenters. The first kappa shape index (κ1) is 17.0. The van der Waals surface area contributed by atoms with Gasteiger partial charge in [-0.05, 0) is 19.0 Å². The largest absolute Gasteiger partial charge is 0.398 e. The summed E-state index contributed by atoms with van der Waals surface area (Å²) in [5.41, 5.74) is 0. The Morgan fingerprint density at radius 2 is 2.00 bits per heavy atom. The van der Waals surface area contributed by atoms with Crippen LogP contribution in [0.25, 0.3) is 0 Å². The van der Waals surface area contributed by atoms with Gasteiger partial charge in [0.2, 0.25) is 0 Å². The molecule has 0 saturated carbocycles. The highest BCUT2D eigenvalue weighted by atomic mass is 28.4. The van der Waals surface area contributed by atoms with Gasteiger partial charge in [-0.2, -0.15) is 0 Å². The normalized spacial score (nSPS) is 22.3. The molecule has 114 valence electrons. The second-order valence-corrected chi connectivity index (χ2v) is 8.65. The van der Waals surface area contributed by atoms with Crippen molar-refractivity contribution in [2.24, 2.45) is 0 Å². The Morgan fingerprint density at radius 1 is 1.37 bits per heavy atom. The zero-order valence-electron chi connectivity index (χ0n) is 12.0. The number of ether oxygens (including phenoxy) is 2. The standard InChI is InChI=1S/C12H26O6Si/c1-15-19(3,16-2)5-4-11(6-12-9-18-12)17-8-10(14)7-13/h10-14H,4-9H2,1-3H3. The fourth-order valence-electron chi connectivity index (χ4n) is 1.78. The number of aliphatic hydroxyl groups excluding tert-OH is 2. The molecular formula is C12H26O6Si. The van der Waals surface area contributed by atoms with Crippen molar-refractivity contribution in [1.29, 1.82) is 0 Å². The molecule has 0 radical (unpaired) electrons. The van der Waals surface area contributed by atoms with Crippen molar-refractivity contribution in [2.45, 2.75) is 43.7 Å². The van der Waals surface area contributed by atoms with Crippen molar-refractivity contribution in [3.8, 4) is 0 Å². The van der Waals surface area contributed by atoms with Gasteiger partial charge in [-0.25, -0.2) is 0 Å². The molecule has 0 aromatic heterocycles. The van der Waals surface area contributed by atoms with Crippen LogP contribution in [0.5, 0.6) is 0 Å². The van der Waals surface area contributed by atoms with E-state index in [1.807, 2.05) is 6.55 Å².